The fourth-order valence-corrected chi connectivity index (χ4v) is 4.24. The molecule has 0 amide bonds. The zero-order valence-electron chi connectivity index (χ0n) is 16.7. The van der Waals surface area contributed by atoms with E-state index in [0.717, 1.165) is 37.2 Å². The Kier molecular flexibility index (Phi) is 6.02. The number of nitrogens with zero attached hydrogens (tertiary/aromatic N) is 2. The molecule has 150 valence electrons. The lowest BCUT2D eigenvalue weighted by Crippen LogP contribution is -2.46. The van der Waals surface area contributed by atoms with Crippen LogP contribution in [0.2, 0.25) is 0 Å². The monoisotopic (exact) mass is 392 g/mol. The largest absolute Gasteiger partial charge is 0.280 e. The third kappa shape index (κ3) is 4.89. The minimum absolute atomic E-state index is 0.0231. The summed E-state index contributed by atoms with van der Waals surface area (Å²) in [4.78, 5) is 4.78. The molecule has 1 aliphatic rings. The topological polar surface area (TPSA) is 6.48 Å². The Labute approximate surface area is 171 Å². The number of hydrogen-bond donors (Lipinski definition) is 0. The zero-order valence-corrected chi connectivity index (χ0v) is 16.7. The molecule has 1 aliphatic heterocycles. The van der Waals surface area contributed by atoms with Gasteiger partial charge in [0.25, 0.3) is 0 Å². The molecule has 0 N–H and O–H groups in total. The summed E-state index contributed by atoms with van der Waals surface area (Å²) < 4.78 is 27.4. The molecule has 1 fully saturated rings. The van der Waals surface area contributed by atoms with Crippen molar-refractivity contribution in [2.75, 3.05) is 13.1 Å². The van der Waals surface area contributed by atoms with E-state index in [9.17, 15) is 8.78 Å². The molecule has 1 saturated heterocycles. The molecule has 0 aromatic heterocycles. The van der Waals surface area contributed by atoms with Crippen molar-refractivity contribution in [1.29, 1.82) is 0 Å². The highest BCUT2D eigenvalue weighted by atomic mass is 19.1. The number of rotatable bonds is 5. The van der Waals surface area contributed by atoms with Gasteiger partial charge in [-0.2, -0.15) is 0 Å². The quantitative estimate of drug-likeness (QED) is 0.551. The van der Waals surface area contributed by atoms with Crippen LogP contribution in [0.4, 0.5) is 8.78 Å². The van der Waals surface area contributed by atoms with Crippen molar-refractivity contribution in [3.63, 3.8) is 0 Å². The maximum absolute atomic E-state index is 14.0. The summed E-state index contributed by atoms with van der Waals surface area (Å²) in [5, 5.41) is 0. The van der Waals surface area contributed by atoms with Crippen LogP contribution in [-0.4, -0.2) is 22.9 Å². The van der Waals surface area contributed by atoms with E-state index in [1.54, 1.807) is 12.1 Å². The lowest BCUT2D eigenvalue weighted by molar-refractivity contribution is -0.00925. The molecule has 0 aliphatic carbocycles. The number of hydrogen-bond acceptors (Lipinski definition) is 2. The van der Waals surface area contributed by atoms with Gasteiger partial charge in [0.2, 0.25) is 0 Å². The van der Waals surface area contributed by atoms with Crippen LogP contribution in [0.15, 0.2) is 72.8 Å². The van der Waals surface area contributed by atoms with Crippen molar-refractivity contribution < 1.29 is 8.78 Å². The molecule has 29 heavy (non-hydrogen) atoms. The molecule has 0 radical (unpaired) electrons. The standard InChI is InChI=1S/C25H26F2N2/c1-19-5-2-6-21(15-19)18-29-14-4-13-28(17-20-9-11-23(26)12-10-20)25(29)22-7-3-8-24(27)16-22/h2-3,5-12,15-16,25H,4,13-14,17-18H2,1H3/t25-/m0/s1. The summed E-state index contributed by atoms with van der Waals surface area (Å²) in [6, 6.07) is 22.1. The average Bonchev–Trinajstić information content (AvgIpc) is 2.70. The van der Waals surface area contributed by atoms with Crippen LogP contribution in [0.5, 0.6) is 0 Å². The molecule has 2 nitrogen and oxygen atoms in total. The molecule has 0 saturated carbocycles. The predicted octanol–water partition coefficient (Wildman–Crippen LogP) is 5.68. The predicted molar refractivity (Wildman–Crippen MR) is 112 cm³/mol. The maximum Gasteiger partial charge on any atom is 0.123 e. The molecule has 3 aromatic rings. The minimum atomic E-state index is -0.227. The second-order valence-corrected chi connectivity index (χ2v) is 7.84. The van der Waals surface area contributed by atoms with Gasteiger partial charge in [0.15, 0.2) is 0 Å². The maximum atomic E-state index is 14.0. The first kappa shape index (κ1) is 19.7. The summed E-state index contributed by atoms with van der Waals surface area (Å²) in [6.07, 6.45) is 1.02. The van der Waals surface area contributed by atoms with Gasteiger partial charge in [0, 0.05) is 26.2 Å². The van der Waals surface area contributed by atoms with E-state index in [1.807, 2.05) is 18.2 Å². The summed E-state index contributed by atoms with van der Waals surface area (Å²) in [7, 11) is 0. The van der Waals surface area contributed by atoms with E-state index >= 15 is 0 Å². The van der Waals surface area contributed by atoms with Crippen LogP contribution in [0.3, 0.4) is 0 Å². The highest BCUT2D eigenvalue weighted by molar-refractivity contribution is 5.25. The smallest absolute Gasteiger partial charge is 0.123 e. The minimum Gasteiger partial charge on any atom is -0.280 e. The van der Waals surface area contributed by atoms with Gasteiger partial charge in [-0.25, -0.2) is 8.78 Å². The van der Waals surface area contributed by atoms with Crippen molar-refractivity contribution in [2.45, 2.75) is 32.6 Å². The summed E-state index contributed by atoms with van der Waals surface area (Å²) in [6.45, 7) is 5.48. The second-order valence-electron chi connectivity index (χ2n) is 7.84. The number of benzene rings is 3. The highest BCUT2D eigenvalue weighted by Crippen LogP contribution is 2.32. The zero-order chi connectivity index (χ0) is 20.2. The van der Waals surface area contributed by atoms with Crippen molar-refractivity contribution in [1.82, 2.24) is 9.80 Å². The first-order valence-corrected chi connectivity index (χ1v) is 10.1. The Balaban J connectivity index is 1.64. The van der Waals surface area contributed by atoms with Gasteiger partial charge >= 0.3 is 0 Å². The van der Waals surface area contributed by atoms with Crippen LogP contribution < -0.4 is 0 Å². The molecule has 0 bridgehead atoms. The third-order valence-corrected chi connectivity index (χ3v) is 5.50. The molecule has 4 rings (SSSR count). The van der Waals surface area contributed by atoms with Crippen LogP contribution in [0, 0.1) is 18.6 Å². The molecule has 1 atom stereocenters. The van der Waals surface area contributed by atoms with Gasteiger partial charge in [-0.3, -0.25) is 9.80 Å². The average molecular weight is 392 g/mol. The summed E-state index contributed by atoms with van der Waals surface area (Å²) in [5.74, 6) is -0.444. The first-order chi connectivity index (χ1) is 14.1. The van der Waals surface area contributed by atoms with E-state index in [-0.39, 0.29) is 17.8 Å². The normalized spacial score (nSPS) is 18.1. The summed E-state index contributed by atoms with van der Waals surface area (Å²) >= 11 is 0. The van der Waals surface area contributed by atoms with Gasteiger partial charge in [0.1, 0.15) is 11.6 Å². The molecule has 4 heteroatoms. The van der Waals surface area contributed by atoms with Gasteiger partial charge < -0.3 is 0 Å². The van der Waals surface area contributed by atoms with E-state index in [4.69, 9.17) is 0 Å². The Bertz CT molecular complexity index is 955. The molecular formula is C25H26F2N2. The van der Waals surface area contributed by atoms with Crippen LogP contribution in [0.1, 0.15) is 34.8 Å². The molecule has 0 spiro atoms. The van der Waals surface area contributed by atoms with Crippen molar-refractivity contribution >= 4 is 0 Å². The Hall–Kier alpha value is -2.56. The molecule has 3 aromatic carbocycles. The van der Waals surface area contributed by atoms with Crippen LogP contribution >= 0.6 is 0 Å². The number of halogens is 2. The van der Waals surface area contributed by atoms with Crippen LogP contribution in [-0.2, 0) is 13.1 Å². The van der Waals surface area contributed by atoms with Crippen molar-refractivity contribution in [3.05, 3.63) is 107 Å². The number of aryl methyl sites for hydroxylation is 1. The fraction of sp³-hybridized carbons (Fsp3) is 0.280. The van der Waals surface area contributed by atoms with Crippen molar-refractivity contribution in [2.24, 2.45) is 0 Å². The van der Waals surface area contributed by atoms with E-state index in [1.165, 1.54) is 29.3 Å². The molecular weight excluding hydrogens is 366 g/mol. The van der Waals surface area contributed by atoms with Gasteiger partial charge in [-0.1, -0.05) is 54.1 Å². The Morgan fingerprint density at radius 3 is 2.14 bits per heavy atom. The van der Waals surface area contributed by atoms with Gasteiger partial charge in [0.05, 0.1) is 6.17 Å². The summed E-state index contributed by atoms with van der Waals surface area (Å²) in [5.41, 5.74) is 4.52. The van der Waals surface area contributed by atoms with Gasteiger partial charge in [-0.15, -0.1) is 0 Å². The van der Waals surface area contributed by atoms with E-state index in [0.29, 0.717) is 6.54 Å². The highest BCUT2D eigenvalue weighted by Gasteiger charge is 2.31. The van der Waals surface area contributed by atoms with E-state index in [2.05, 4.69) is 41.0 Å². The van der Waals surface area contributed by atoms with E-state index < -0.39 is 0 Å². The molecule has 0 unspecified atom stereocenters. The van der Waals surface area contributed by atoms with Gasteiger partial charge in [-0.05, 0) is 54.3 Å². The lowest BCUT2D eigenvalue weighted by atomic mass is 10.0. The SMILES string of the molecule is Cc1cccc(CN2CCCN(Cc3ccc(F)cc3)[C@@H]2c2cccc(F)c2)c1. The fourth-order valence-electron chi connectivity index (χ4n) is 4.24. The van der Waals surface area contributed by atoms with Crippen molar-refractivity contribution in [3.8, 4) is 0 Å². The Morgan fingerprint density at radius 2 is 1.45 bits per heavy atom. The second kappa shape index (κ2) is 8.85. The lowest BCUT2D eigenvalue weighted by Gasteiger charge is -2.44. The molecule has 1 heterocycles. The first-order valence-electron chi connectivity index (χ1n) is 10.1. The third-order valence-electron chi connectivity index (χ3n) is 5.50. The van der Waals surface area contributed by atoms with Crippen LogP contribution in [0.25, 0.3) is 0 Å². The Morgan fingerprint density at radius 1 is 0.759 bits per heavy atom.